The Morgan fingerprint density at radius 2 is 1.60 bits per heavy atom. The predicted molar refractivity (Wildman–Crippen MR) is 207 cm³/mol. The van der Waals surface area contributed by atoms with Crippen molar-refractivity contribution < 1.29 is 38.5 Å². The zero-order valence-corrected chi connectivity index (χ0v) is 34.3. The van der Waals surface area contributed by atoms with E-state index in [2.05, 4.69) is 31.4 Å². The monoisotopic (exact) mass is 747 g/mol. The number of Topliss-reactive ketones (excluding diaryl/α,β-unsaturated/α-hetero) is 1. The summed E-state index contributed by atoms with van der Waals surface area (Å²) in [7, 11) is 6.87. The van der Waals surface area contributed by atoms with E-state index in [0.29, 0.717) is 19.4 Å². The largest absolute Gasteiger partial charge is 0.459 e. The number of esters is 1. The lowest BCUT2D eigenvalue weighted by Gasteiger charge is -2.36. The SMILES string of the molecule is CCC(C)C(NCC(=O)C(NC(=O)C(C(C)CC)N(C)C)C(C)C)C(CC(=O)N1CCCC1C(OC)C(C)C(=O)OC(CO)Cc1ccccc1)OC. The van der Waals surface area contributed by atoms with Crippen LogP contribution in [0.5, 0.6) is 0 Å². The van der Waals surface area contributed by atoms with Gasteiger partial charge < -0.3 is 34.9 Å². The smallest absolute Gasteiger partial charge is 0.311 e. The Balaban J connectivity index is 2.15. The number of nitrogens with one attached hydrogen (secondary N) is 2. The highest BCUT2D eigenvalue weighted by Gasteiger charge is 2.42. The van der Waals surface area contributed by atoms with Crippen molar-refractivity contribution in [2.45, 2.75) is 129 Å². The first kappa shape index (κ1) is 46.3. The molecule has 12 nitrogen and oxygen atoms in total. The van der Waals surface area contributed by atoms with Crippen molar-refractivity contribution in [2.75, 3.05) is 48.0 Å². The van der Waals surface area contributed by atoms with Crippen LogP contribution in [0.25, 0.3) is 0 Å². The maximum Gasteiger partial charge on any atom is 0.311 e. The van der Waals surface area contributed by atoms with E-state index in [-0.39, 0.29) is 73.0 Å². The summed E-state index contributed by atoms with van der Waals surface area (Å²) in [5.41, 5.74) is 0.951. The van der Waals surface area contributed by atoms with Crippen LogP contribution in [-0.4, -0.2) is 129 Å². The number of methoxy groups -OCH3 is 2. The highest BCUT2D eigenvalue weighted by molar-refractivity contribution is 5.92. The maximum absolute atomic E-state index is 14.0. The summed E-state index contributed by atoms with van der Waals surface area (Å²) in [6.45, 7) is 14.0. The van der Waals surface area contributed by atoms with Gasteiger partial charge in [0.25, 0.3) is 0 Å². The summed E-state index contributed by atoms with van der Waals surface area (Å²) in [5.74, 6) is -1.50. The minimum Gasteiger partial charge on any atom is -0.459 e. The molecule has 1 aliphatic rings. The highest BCUT2D eigenvalue weighted by Crippen LogP contribution is 2.29. The van der Waals surface area contributed by atoms with Gasteiger partial charge in [0.15, 0.2) is 5.78 Å². The van der Waals surface area contributed by atoms with Gasteiger partial charge in [0.1, 0.15) is 6.10 Å². The topological polar surface area (TPSA) is 147 Å². The zero-order chi connectivity index (χ0) is 39.8. The number of aliphatic hydroxyl groups excluding tert-OH is 1. The molecule has 0 spiro atoms. The van der Waals surface area contributed by atoms with E-state index in [1.165, 1.54) is 0 Å². The van der Waals surface area contributed by atoms with E-state index in [9.17, 15) is 24.3 Å². The van der Waals surface area contributed by atoms with E-state index in [4.69, 9.17) is 14.2 Å². The van der Waals surface area contributed by atoms with Crippen LogP contribution in [-0.2, 0) is 39.8 Å². The van der Waals surface area contributed by atoms with E-state index in [0.717, 1.165) is 24.8 Å². The Bertz CT molecular complexity index is 1260. The first-order valence-corrected chi connectivity index (χ1v) is 19.6. The van der Waals surface area contributed by atoms with E-state index in [1.54, 1.807) is 26.0 Å². The molecule has 302 valence electrons. The zero-order valence-electron chi connectivity index (χ0n) is 34.3. The molecule has 1 fully saturated rings. The van der Waals surface area contributed by atoms with Crippen molar-refractivity contribution >= 4 is 23.6 Å². The molecule has 10 unspecified atom stereocenters. The minimum atomic E-state index is -0.697. The van der Waals surface area contributed by atoms with Gasteiger partial charge in [0.2, 0.25) is 11.8 Å². The number of likely N-dealkylation sites (tertiary alicyclic amines) is 1. The average molecular weight is 747 g/mol. The quantitative estimate of drug-likeness (QED) is 0.133. The number of ether oxygens (including phenoxy) is 3. The molecule has 2 amide bonds. The molecule has 10 atom stereocenters. The molecule has 0 aliphatic carbocycles. The van der Waals surface area contributed by atoms with Crippen molar-refractivity contribution in [2.24, 2.45) is 23.7 Å². The number of nitrogens with zero attached hydrogens (tertiary/aromatic N) is 2. The Labute approximate surface area is 319 Å². The lowest BCUT2D eigenvalue weighted by Crippen LogP contribution is -2.56. The number of carbonyl (C=O) groups excluding carboxylic acids is 4. The second-order valence-corrected chi connectivity index (χ2v) is 15.5. The van der Waals surface area contributed by atoms with Crippen molar-refractivity contribution in [1.29, 1.82) is 0 Å². The van der Waals surface area contributed by atoms with Gasteiger partial charge in [-0.3, -0.25) is 24.1 Å². The number of rotatable bonds is 24. The molecule has 1 aliphatic heterocycles. The summed E-state index contributed by atoms with van der Waals surface area (Å²) in [6, 6.07) is 7.86. The number of carbonyl (C=O) groups is 4. The van der Waals surface area contributed by atoms with Crippen molar-refractivity contribution in [3.63, 3.8) is 0 Å². The van der Waals surface area contributed by atoms with Crippen molar-refractivity contribution in [3.05, 3.63) is 35.9 Å². The van der Waals surface area contributed by atoms with Gasteiger partial charge in [0, 0.05) is 33.2 Å². The van der Waals surface area contributed by atoms with Gasteiger partial charge in [-0.1, -0.05) is 84.7 Å². The lowest BCUT2D eigenvalue weighted by molar-refractivity contribution is -0.163. The van der Waals surface area contributed by atoms with E-state index < -0.39 is 36.2 Å². The maximum atomic E-state index is 14.0. The van der Waals surface area contributed by atoms with Gasteiger partial charge in [-0.15, -0.1) is 0 Å². The Kier molecular flexibility index (Phi) is 20.2. The van der Waals surface area contributed by atoms with Gasteiger partial charge in [0.05, 0.1) is 55.8 Å². The van der Waals surface area contributed by atoms with Crippen LogP contribution in [0.1, 0.15) is 86.1 Å². The Morgan fingerprint density at radius 1 is 0.962 bits per heavy atom. The molecule has 53 heavy (non-hydrogen) atoms. The lowest BCUT2D eigenvalue weighted by atomic mass is 9.90. The average Bonchev–Trinajstić information content (AvgIpc) is 3.62. The van der Waals surface area contributed by atoms with Crippen LogP contribution < -0.4 is 10.6 Å². The van der Waals surface area contributed by atoms with Crippen LogP contribution in [0.2, 0.25) is 0 Å². The summed E-state index contributed by atoms with van der Waals surface area (Å²) < 4.78 is 17.6. The second-order valence-electron chi connectivity index (χ2n) is 15.5. The van der Waals surface area contributed by atoms with E-state index in [1.807, 2.05) is 70.1 Å². The molecule has 1 aromatic carbocycles. The Morgan fingerprint density at radius 3 is 2.13 bits per heavy atom. The van der Waals surface area contributed by atoms with Crippen LogP contribution >= 0.6 is 0 Å². The fourth-order valence-corrected chi connectivity index (χ4v) is 7.57. The van der Waals surface area contributed by atoms with E-state index >= 15 is 0 Å². The van der Waals surface area contributed by atoms with Crippen molar-refractivity contribution in [3.8, 4) is 0 Å². The first-order valence-electron chi connectivity index (χ1n) is 19.6. The molecule has 0 saturated carbocycles. The number of hydrogen-bond donors (Lipinski definition) is 3. The van der Waals surface area contributed by atoms with Crippen LogP contribution in [0.4, 0.5) is 0 Å². The molecule has 1 saturated heterocycles. The standard InChI is InChI=1S/C41H70N4O8/c1-12-27(5)37(42-24-33(47)36(26(3)4)43-40(49)38(44(8)9)28(6)13-2)34(51-10)23-35(48)45-21-17-20-32(45)39(52-11)29(7)41(50)53-31(25-46)22-30-18-15-14-16-19-30/h14-16,18-19,26-29,31-32,34,36-39,42,46H,12-13,17,20-25H2,1-11H3,(H,43,49). The number of amides is 2. The molecule has 2 rings (SSSR count). The van der Waals surface area contributed by atoms with Gasteiger partial charge in [-0.25, -0.2) is 0 Å². The third kappa shape index (κ3) is 13.4. The highest BCUT2D eigenvalue weighted by atomic mass is 16.6. The molecule has 1 aromatic rings. The number of benzene rings is 1. The summed E-state index contributed by atoms with van der Waals surface area (Å²) in [4.78, 5) is 58.1. The van der Waals surface area contributed by atoms with Crippen LogP contribution in [0.15, 0.2) is 30.3 Å². The normalized spacial score (nSPS) is 19.9. The third-order valence-electron chi connectivity index (χ3n) is 11.1. The number of aliphatic hydroxyl groups is 1. The fourth-order valence-electron chi connectivity index (χ4n) is 7.57. The summed E-state index contributed by atoms with van der Waals surface area (Å²) >= 11 is 0. The summed E-state index contributed by atoms with van der Waals surface area (Å²) in [5, 5.41) is 16.4. The molecule has 0 bridgehead atoms. The van der Waals surface area contributed by atoms with Crippen LogP contribution in [0.3, 0.4) is 0 Å². The molecular weight excluding hydrogens is 676 g/mol. The number of likely N-dealkylation sites (N-methyl/N-ethyl adjacent to an activating group) is 1. The van der Waals surface area contributed by atoms with Crippen LogP contribution in [0, 0.1) is 23.7 Å². The number of hydrogen-bond acceptors (Lipinski definition) is 10. The molecular formula is C41H70N4O8. The molecule has 0 aromatic heterocycles. The fraction of sp³-hybridized carbons (Fsp3) is 0.756. The Hall–Kier alpha value is -2.90. The molecule has 0 radical (unpaired) electrons. The molecule has 1 heterocycles. The number of ketones is 1. The minimum absolute atomic E-state index is 0.0129. The first-order chi connectivity index (χ1) is 25.1. The predicted octanol–water partition coefficient (Wildman–Crippen LogP) is 3.87. The van der Waals surface area contributed by atoms with Gasteiger partial charge in [-0.05, 0) is 57.2 Å². The summed E-state index contributed by atoms with van der Waals surface area (Å²) in [6.07, 6.45) is 1.68. The van der Waals surface area contributed by atoms with Crippen molar-refractivity contribution in [1.82, 2.24) is 20.4 Å². The molecule has 12 heteroatoms. The second kappa shape index (κ2) is 23.1. The van der Waals surface area contributed by atoms with Gasteiger partial charge in [-0.2, -0.15) is 0 Å². The third-order valence-corrected chi connectivity index (χ3v) is 11.1. The molecule has 3 N–H and O–H groups in total. The van der Waals surface area contributed by atoms with Gasteiger partial charge >= 0.3 is 5.97 Å².